The Bertz CT molecular complexity index is 236. The maximum absolute atomic E-state index is 12.7. The number of halogens is 7. The number of rotatable bonds is 0. The molecule has 0 bridgehead atoms. The van der Waals surface area contributed by atoms with Gasteiger partial charge in [-0.15, -0.1) is 0 Å². The van der Waals surface area contributed by atoms with Gasteiger partial charge in [-0.3, -0.25) is 4.74 Å². The molecule has 0 aromatic heterocycles. The van der Waals surface area contributed by atoms with E-state index in [1.165, 1.54) is 0 Å². The molecule has 2 atom stereocenters. The van der Waals surface area contributed by atoms with Crippen molar-refractivity contribution in [3.63, 3.8) is 0 Å². The normalized spacial score (nSPS) is 44.3. The highest BCUT2D eigenvalue weighted by Gasteiger charge is 2.87. The molecule has 0 amide bonds. The smallest absolute Gasteiger partial charge is 0.296 e. The van der Waals surface area contributed by atoms with Crippen molar-refractivity contribution in [2.75, 3.05) is 0 Å². The SMILES string of the molecule is C[C@]1(C(F)(F)F)OC(F)(F)[C@@]1(F)Cl. The molecule has 8 heteroatoms. The molecular weight excluding hydrogens is 225 g/mol. The van der Waals surface area contributed by atoms with Crippen LogP contribution >= 0.6 is 11.6 Å². The zero-order chi connectivity index (χ0) is 10.7. The Labute approximate surface area is 73.6 Å². The van der Waals surface area contributed by atoms with Crippen LogP contribution < -0.4 is 0 Å². The van der Waals surface area contributed by atoms with Crippen LogP contribution in [0, 0.1) is 0 Å². The van der Waals surface area contributed by atoms with E-state index in [-0.39, 0.29) is 6.92 Å². The van der Waals surface area contributed by atoms with Gasteiger partial charge in [0.2, 0.25) is 5.60 Å². The second-order valence-electron chi connectivity index (χ2n) is 2.72. The van der Waals surface area contributed by atoms with Crippen LogP contribution in [0.25, 0.3) is 0 Å². The summed E-state index contributed by atoms with van der Waals surface area (Å²) in [4.78, 5) is 0. The molecule has 13 heavy (non-hydrogen) atoms. The molecule has 78 valence electrons. The third-order valence-electron chi connectivity index (χ3n) is 1.84. The monoisotopic (exact) mass is 228 g/mol. The highest BCUT2D eigenvalue weighted by atomic mass is 35.5. The van der Waals surface area contributed by atoms with Crippen LogP contribution in [0.2, 0.25) is 0 Å². The van der Waals surface area contributed by atoms with Crippen LogP contribution in [-0.4, -0.2) is 23.0 Å². The van der Waals surface area contributed by atoms with Crippen LogP contribution in [0.3, 0.4) is 0 Å². The fraction of sp³-hybridized carbons (Fsp3) is 1.00. The molecule has 1 aliphatic rings. The van der Waals surface area contributed by atoms with Crippen molar-refractivity contribution in [1.82, 2.24) is 0 Å². The summed E-state index contributed by atoms with van der Waals surface area (Å²) in [6, 6.07) is 0. The van der Waals surface area contributed by atoms with E-state index in [0.29, 0.717) is 0 Å². The summed E-state index contributed by atoms with van der Waals surface area (Å²) in [5, 5.41) is -4.25. The minimum Gasteiger partial charge on any atom is -0.296 e. The topological polar surface area (TPSA) is 9.23 Å². The van der Waals surface area contributed by atoms with Crippen molar-refractivity contribution in [3.05, 3.63) is 0 Å². The summed E-state index contributed by atoms with van der Waals surface area (Å²) in [7, 11) is 0. The second-order valence-corrected chi connectivity index (χ2v) is 3.25. The summed E-state index contributed by atoms with van der Waals surface area (Å²) in [5.41, 5.74) is -3.66. The van der Waals surface area contributed by atoms with Gasteiger partial charge < -0.3 is 0 Å². The Hall–Kier alpha value is -0.170. The van der Waals surface area contributed by atoms with Gasteiger partial charge in [-0.1, -0.05) is 11.6 Å². The number of alkyl halides is 7. The molecule has 0 radical (unpaired) electrons. The van der Waals surface area contributed by atoms with E-state index in [1.807, 2.05) is 0 Å². The van der Waals surface area contributed by atoms with E-state index in [9.17, 15) is 26.3 Å². The van der Waals surface area contributed by atoms with Crippen molar-refractivity contribution in [2.24, 2.45) is 0 Å². The Morgan fingerprint density at radius 3 is 1.62 bits per heavy atom. The highest BCUT2D eigenvalue weighted by molar-refractivity contribution is 6.25. The Kier molecular flexibility index (Phi) is 1.89. The first kappa shape index (κ1) is 10.9. The predicted octanol–water partition coefficient (Wildman–Crippen LogP) is 2.84. The third-order valence-corrected chi connectivity index (χ3v) is 2.42. The van der Waals surface area contributed by atoms with E-state index in [1.54, 1.807) is 0 Å². The summed E-state index contributed by atoms with van der Waals surface area (Å²) in [6.45, 7) is 0.122. The van der Waals surface area contributed by atoms with Crippen molar-refractivity contribution in [3.8, 4) is 0 Å². The molecule has 1 nitrogen and oxygen atoms in total. The minimum atomic E-state index is -5.29. The van der Waals surface area contributed by atoms with Gasteiger partial charge in [0.15, 0.2) is 0 Å². The molecule has 1 saturated heterocycles. The Balaban J connectivity index is 3.02. The maximum atomic E-state index is 12.7. The van der Waals surface area contributed by atoms with Gasteiger partial charge in [0, 0.05) is 0 Å². The maximum Gasteiger partial charge on any atom is 0.422 e. The highest BCUT2D eigenvalue weighted by Crippen LogP contribution is 2.63. The van der Waals surface area contributed by atoms with Crippen molar-refractivity contribution in [1.29, 1.82) is 0 Å². The van der Waals surface area contributed by atoms with Crippen molar-refractivity contribution < 1.29 is 31.1 Å². The first-order valence-corrected chi connectivity index (χ1v) is 3.36. The molecular formula is C5H3ClF6O. The van der Waals surface area contributed by atoms with Gasteiger partial charge in [0.25, 0.3) is 0 Å². The molecule has 0 unspecified atom stereocenters. The molecule has 0 aromatic carbocycles. The van der Waals surface area contributed by atoms with Gasteiger partial charge in [0.05, 0.1) is 0 Å². The van der Waals surface area contributed by atoms with Gasteiger partial charge in [-0.2, -0.15) is 22.0 Å². The first-order valence-electron chi connectivity index (χ1n) is 2.98. The molecule has 1 aliphatic heterocycles. The lowest BCUT2D eigenvalue weighted by atomic mass is 9.91. The Morgan fingerprint density at radius 2 is 1.54 bits per heavy atom. The largest absolute Gasteiger partial charge is 0.422 e. The standard InChI is InChI=1S/C5H3ClF6O/c1-2(4(8,9)10)3(6,7)5(11,12)13-2/h1H3/t2-,3+/m0/s1. The summed E-state index contributed by atoms with van der Waals surface area (Å²) < 4.78 is 75.9. The predicted molar refractivity (Wildman–Crippen MR) is 30.2 cm³/mol. The molecule has 0 N–H and O–H groups in total. The van der Waals surface area contributed by atoms with E-state index >= 15 is 0 Å². The lowest BCUT2D eigenvalue weighted by Gasteiger charge is -2.52. The molecule has 1 fully saturated rings. The Morgan fingerprint density at radius 1 is 1.15 bits per heavy atom. The second kappa shape index (κ2) is 2.25. The van der Waals surface area contributed by atoms with Crippen LogP contribution in [0.1, 0.15) is 6.92 Å². The number of hydrogen-bond acceptors (Lipinski definition) is 1. The first-order chi connectivity index (χ1) is 5.46. The van der Waals surface area contributed by atoms with Crippen LogP contribution in [0.4, 0.5) is 26.3 Å². The van der Waals surface area contributed by atoms with E-state index in [4.69, 9.17) is 0 Å². The molecule has 0 spiro atoms. The van der Waals surface area contributed by atoms with Crippen LogP contribution in [0.15, 0.2) is 0 Å². The minimum absolute atomic E-state index is 0.122. The van der Waals surface area contributed by atoms with Gasteiger partial charge >= 0.3 is 17.4 Å². The van der Waals surface area contributed by atoms with Gasteiger partial charge in [0.1, 0.15) is 0 Å². The lowest BCUT2D eigenvalue weighted by Crippen LogP contribution is -2.77. The third kappa shape index (κ3) is 1.06. The quantitative estimate of drug-likeness (QED) is 0.458. The molecule has 0 aliphatic carbocycles. The van der Waals surface area contributed by atoms with Crippen molar-refractivity contribution >= 4 is 11.6 Å². The fourth-order valence-corrected chi connectivity index (χ4v) is 1.04. The van der Waals surface area contributed by atoms with E-state index < -0.39 is 23.0 Å². The molecule has 1 rings (SSSR count). The van der Waals surface area contributed by atoms with Crippen molar-refractivity contribution in [2.45, 2.75) is 29.9 Å². The zero-order valence-electron chi connectivity index (χ0n) is 6.05. The average molecular weight is 229 g/mol. The fourth-order valence-electron chi connectivity index (χ4n) is 0.852. The van der Waals surface area contributed by atoms with Gasteiger partial charge in [-0.25, -0.2) is 4.39 Å². The summed E-state index contributed by atoms with van der Waals surface area (Å²) in [5.74, 6) is 0. The van der Waals surface area contributed by atoms with E-state index in [0.717, 1.165) is 0 Å². The average Bonchev–Trinajstić information content (AvgIpc) is 1.83. The molecule has 1 heterocycles. The number of ether oxygens (including phenoxy) is 1. The van der Waals surface area contributed by atoms with Crippen LogP contribution in [0.5, 0.6) is 0 Å². The summed E-state index contributed by atoms with van der Waals surface area (Å²) in [6.07, 6.45) is -9.90. The molecule has 0 saturated carbocycles. The van der Waals surface area contributed by atoms with E-state index in [2.05, 4.69) is 16.3 Å². The zero-order valence-corrected chi connectivity index (χ0v) is 6.81. The van der Waals surface area contributed by atoms with Gasteiger partial charge in [-0.05, 0) is 6.92 Å². The lowest BCUT2D eigenvalue weighted by molar-refractivity contribution is -0.500. The summed E-state index contributed by atoms with van der Waals surface area (Å²) >= 11 is 4.43. The number of hydrogen-bond donors (Lipinski definition) is 0. The molecule has 0 aromatic rings. The van der Waals surface area contributed by atoms with Crippen LogP contribution in [-0.2, 0) is 4.74 Å².